The average Bonchev–Trinajstić information content (AvgIpc) is 3.14. The van der Waals surface area contributed by atoms with Crippen molar-refractivity contribution < 1.29 is 0 Å². The van der Waals surface area contributed by atoms with Gasteiger partial charge in [-0.25, -0.2) is 9.98 Å². The number of nitrogens with one attached hydrogen (secondary N) is 3. The van der Waals surface area contributed by atoms with E-state index in [0.29, 0.717) is 16.3 Å². The molecule has 1 fully saturated rings. The molecule has 156 valence electrons. The molecule has 2 aromatic rings. The van der Waals surface area contributed by atoms with E-state index in [1.54, 1.807) is 17.3 Å². The summed E-state index contributed by atoms with van der Waals surface area (Å²) in [6, 6.07) is 10.8. The minimum absolute atomic E-state index is 0.433. The van der Waals surface area contributed by atoms with Crippen LogP contribution >= 0.6 is 23.4 Å². The Hall–Kier alpha value is -2.38. The lowest BCUT2D eigenvalue weighted by Crippen LogP contribution is -2.52. The third kappa shape index (κ3) is 3.72. The van der Waals surface area contributed by atoms with Crippen molar-refractivity contribution in [2.75, 3.05) is 25.5 Å². The van der Waals surface area contributed by atoms with Crippen LogP contribution in [0.15, 0.2) is 57.6 Å². The zero-order valence-electron chi connectivity index (χ0n) is 16.9. The van der Waals surface area contributed by atoms with Crippen molar-refractivity contribution in [2.24, 2.45) is 10.4 Å². The number of aliphatic imine (C=N–C) groups is 1. The molecule has 0 atom stereocenters. The van der Waals surface area contributed by atoms with E-state index >= 15 is 0 Å². The van der Waals surface area contributed by atoms with Crippen molar-refractivity contribution in [3.05, 3.63) is 63.9 Å². The van der Waals surface area contributed by atoms with Crippen molar-refractivity contribution in [1.82, 2.24) is 20.7 Å². The van der Waals surface area contributed by atoms with Crippen LogP contribution in [0.5, 0.6) is 0 Å². The predicted molar refractivity (Wildman–Crippen MR) is 124 cm³/mol. The molecule has 3 aliphatic rings. The lowest BCUT2D eigenvalue weighted by Gasteiger charge is -2.41. The van der Waals surface area contributed by atoms with E-state index in [1.165, 1.54) is 37.4 Å². The first-order valence-electron chi connectivity index (χ1n) is 10.3. The van der Waals surface area contributed by atoms with Crippen molar-refractivity contribution in [3.8, 4) is 0 Å². The smallest absolute Gasteiger partial charge is 0.217 e. The molecule has 1 saturated heterocycles. The molecular formula is C22H25ClN6S. The first-order chi connectivity index (χ1) is 14.7. The molecule has 6 nitrogen and oxygen atoms in total. The number of anilines is 1. The van der Waals surface area contributed by atoms with Gasteiger partial charge in [-0.05, 0) is 48.3 Å². The fourth-order valence-corrected chi connectivity index (χ4v) is 5.71. The Morgan fingerprint density at radius 3 is 2.47 bits per heavy atom. The summed E-state index contributed by atoms with van der Waals surface area (Å²) in [7, 11) is 1.81. The van der Waals surface area contributed by atoms with Crippen LogP contribution in [0, 0.1) is 5.41 Å². The summed E-state index contributed by atoms with van der Waals surface area (Å²) in [5.41, 5.74) is 10.0. The van der Waals surface area contributed by atoms with Crippen LogP contribution in [0.25, 0.3) is 0 Å². The highest BCUT2D eigenvalue weighted by Gasteiger charge is 2.40. The minimum atomic E-state index is 0.433. The Morgan fingerprint density at radius 1 is 1.10 bits per heavy atom. The number of hydrogen-bond acceptors (Lipinski definition) is 7. The molecule has 1 aromatic carbocycles. The number of piperidine rings is 1. The lowest BCUT2D eigenvalue weighted by atomic mass is 9.76. The van der Waals surface area contributed by atoms with Gasteiger partial charge in [-0.3, -0.25) is 10.9 Å². The second-order valence-corrected chi connectivity index (χ2v) is 9.59. The predicted octanol–water partition coefficient (Wildman–Crippen LogP) is 4.01. The Kier molecular flexibility index (Phi) is 5.25. The van der Waals surface area contributed by atoms with Gasteiger partial charge in [0.15, 0.2) is 0 Å². The zero-order valence-corrected chi connectivity index (χ0v) is 18.5. The highest BCUT2D eigenvalue weighted by molar-refractivity contribution is 8.03. The number of hydrazine groups is 1. The molecule has 0 saturated carbocycles. The molecule has 30 heavy (non-hydrogen) atoms. The summed E-state index contributed by atoms with van der Waals surface area (Å²) in [5, 5.41) is 4.51. The first-order valence-corrected chi connectivity index (χ1v) is 11.5. The van der Waals surface area contributed by atoms with Gasteiger partial charge in [0.25, 0.3) is 0 Å². The average molecular weight is 441 g/mol. The van der Waals surface area contributed by atoms with Crippen LogP contribution in [0.1, 0.15) is 24.0 Å². The van der Waals surface area contributed by atoms with E-state index in [1.807, 2.05) is 19.3 Å². The van der Waals surface area contributed by atoms with Gasteiger partial charge in [-0.15, -0.1) is 0 Å². The SMILES string of the molecule is CNc1nccc(SC2=CN=C(N3CCC4(CC3)Cc3ccccc3C4)NN2)c1Cl. The van der Waals surface area contributed by atoms with Crippen LogP contribution in [-0.2, 0) is 12.8 Å². The maximum Gasteiger partial charge on any atom is 0.217 e. The first kappa shape index (κ1) is 19.6. The van der Waals surface area contributed by atoms with E-state index in [4.69, 9.17) is 11.6 Å². The van der Waals surface area contributed by atoms with Crippen LogP contribution in [0.2, 0.25) is 5.02 Å². The van der Waals surface area contributed by atoms with Gasteiger partial charge in [0.05, 0.1) is 11.2 Å². The van der Waals surface area contributed by atoms with Crippen LogP contribution in [0.3, 0.4) is 0 Å². The van der Waals surface area contributed by atoms with E-state index in [0.717, 1.165) is 29.0 Å². The molecule has 1 spiro atoms. The Labute approximate surface area is 186 Å². The van der Waals surface area contributed by atoms with E-state index in [9.17, 15) is 0 Å². The summed E-state index contributed by atoms with van der Waals surface area (Å²) < 4.78 is 0. The molecule has 8 heteroatoms. The normalized spacial score (nSPS) is 19.5. The van der Waals surface area contributed by atoms with Crippen LogP contribution in [0.4, 0.5) is 5.82 Å². The van der Waals surface area contributed by atoms with E-state index in [-0.39, 0.29) is 0 Å². The molecule has 0 amide bonds. The fraction of sp³-hybridized carbons (Fsp3) is 0.364. The molecule has 0 unspecified atom stereocenters. The van der Waals surface area contributed by atoms with Gasteiger partial charge in [0.1, 0.15) is 10.8 Å². The number of likely N-dealkylation sites (tertiary alicyclic amines) is 1. The molecular weight excluding hydrogens is 416 g/mol. The quantitative estimate of drug-likeness (QED) is 0.670. The maximum atomic E-state index is 6.41. The number of aromatic nitrogens is 1. The van der Waals surface area contributed by atoms with Crippen LogP contribution in [-0.4, -0.2) is 36.0 Å². The largest absolute Gasteiger partial charge is 0.372 e. The summed E-state index contributed by atoms with van der Waals surface area (Å²) in [6.07, 6.45) is 8.45. The van der Waals surface area contributed by atoms with Gasteiger partial charge in [0.2, 0.25) is 5.96 Å². The maximum absolute atomic E-state index is 6.41. The number of pyridine rings is 1. The molecule has 0 radical (unpaired) electrons. The molecule has 5 rings (SSSR count). The Balaban J connectivity index is 1.22. The standard InChI is InChI=1S/C22H25ClN6S/c1-24-20-19(23)17(6-9-25-20)30-18-14-26-21(28-27-18)29-10-7-22(8-11-29)12-15-4-2-3-5-16(15)13-22/h2-6,9,14,27H,7-8,10-13H2,1H3,(H,24,25)(H,26,28). The summed E-state index contributed by atoms with van der Waals surface area (Å²) in [4.78, 5) is 12.2. The highest BCUT2D eigenvalue weighted by Crippen LogP contribution is 2.44. The van der Waals surface area contributed by atoms with Gasteiger partial charge >= 0.3 is 0 Å². The highest BCUT2D eigenvalue weighted by atomic mass is 35.5. The summed E-state index contributed by atoms with van der Waals surface area (Å²) >= 11 is 7.93. The number of thioether (sulfide) groups is 1. The number of nitrogens with zero attached hydrogens (tertiary/aromatic N) is 3. The third-order valence-electron chi connectivity index (χ3n) is 6.29. The second-order valence-electron chi connectivity index (χ2n) is 8.13. The monoisotopic (exact) mass is 440 g/mol. The van der Waals surface area contributed by atoms with Crippen molar-refractivity contribution in [3.63, 3.8) is 0 Å². The molecule has 3 N–H and O–H groups in total. The minimum Gasteiger partial charge on any atom is -0.372 e. The number of halogens is 1. The second kappa shape index (κ2) is 8.04. The van der Waals surface area contributed by atoms with Gasteiger partial charge < -0.3 is 10.2 Å². The Bertz CT molecular complexity index is 985. The molecule has 1 aromatic heterocycles. The molecule has 0 bridgehead atoms. The number of benzene rings is 1. The third-order valence-corrected chi connectivity index (χ3v) is 7.77. The van der Waals surface area contributed by atoms with Crippen molar-refractivity contribution in [2.45, 2.75) is 30.6 Å². The van der Waals surface area contributed by atoms with Gasteiger partial charge in [0, 0.05) is 31.2 Å². The van der Waals surface area contributed by atoms with Gasteiger partial charge in [-0.1, -0.05) is 47.6 Å². The number of rotatable bonds is 3. The topological polar surface area (TPSA) is 64.6 Å². The lowest BCUT2D eigenvalue weighted by molar-refractivity contribution is 0.155. The number of hydrogen-bond donors (Lipinski definition) is 3. The molecule has 2 aliphatic heterocycles. The van der Waals surface area contributed by atoms with Crippen LogP contribution < -0.4 is 16.2 Å². The number of guanidine groups is 1. The molecule has 1 aliphatic carbocycles. The Morgan fingerprint density at radius 2 is 1.83 bits per heavy atom. The summed E-state index contributed by atoms with van der Waals surface area (Å²) in [5.74, 6) is 1.56. The molecule has 3 heterocycles. The van der Waals surface area contributed by atoms with E-state index in [2.05, 4.69) is 55.3 Å². The fourth-order valence-electron chi connectivity index (χ4n) is 4.63. The van der Waals surface area contributed by atoms with Crippen molar-refractivity contribution in [1.29, 1.82) is 0 Å². The number of fused-ring (bicyclic) bond motifs is 1. The zero-order chi connectivity index (χ0) is 20.6. The van der Waals surface area contributed by atoms with E-state index < -0.39 is 0 Å². The van der Waals surface area contributed by atoms with Gasteiger partial charge in [-0.2, -0.15) is 0 Å². The van der Waals surface area contributed by atoms with Crippen molar-refractivity contribution >= 4 is 35.1 Å². The summed E-state index contributed by atoms with van der Waals surface area (Å²) in [6.45, 7) is 2.05.